The van der Waals surface area contributed by atoms with Crippen LogP contribution in [0.1, 0.15) is 32.3 Å². The molecule has 1 N–H and O–H groups in total. The fourth-order valence-corrected chi connectivity index (χ4v) is 2.01. The predicted molar refractivity (Wildman–Crippen MR) is 71.2 cm³/mol. The van der Waals surface area contributed by atoms with Gasteiger partial charge in [-0.2, -0.15) is 0 Å². The Morgan fingerprint density at radius 3 is 2.59 bits per heavy atom. The maximum absolute atomic E-state index is 5.56. The number of nitrogens with one attached hydrogen (secondary N) is 1. The number of hydrogen-bond donors (Lipinski definition) is 1. The number of hydrogen-bond acceptors (Lipinski definition) is 2. The van der Waals surface area contributed by atoms with Gasteiger partial charge in [-0.3, -0.25) is 0 Å². The van der Waals surface area contributed by atoms with Crippen LogP contribution in [0.2, 0.25) is 0 Å². The predicted octanol–water partition coefficient (Wildman–Crippen LogP) is 3.22. The molecule has 0 heterocycles. The lowest BCUT2D eigenvalue weighted by molar-refractivity contribution is 0.317. The molecular formula is C15H23NO. The third kappa shape index (κ3) is 4.04. The van der Waals surface area contributed by atoms with Crippen molar-refractivity contribution in [1.82, 2.24) is 5.32 Å². The lowest BCUT2D eigenvalue weighted by atomic mass is 10.2. The normalized spacial score (nSPS) is 22.5. The molecule has 2 heteroatoms. The summed E-state index contributed by atoms with van der Waals surface area (Å²) in [4.78, 5) is 0. The minimum absolute atomic E-state index is 0.803. The van der Waals surface area contributed by atoms with Crippen LogP contribution in [-0.2, 0) is 6.54 Å². The maximum atomic E-state index is 5.56. The molecule has 94 valence electrons. The first-order chi connectivity index (χ1) is 8.29. The Morgan fingerprint density at radius 1 is 1.29 bits per heavy atom. The highest BCUT2D eigenvalue weighted by Crippen LogP contribution is 2.36. The molecule has 17 heavy (non-hydrogen) atoms. The van der Waals surface area contributed by atoms with Crippen LogP contribution in [-0.4, -0.2) is 13.2 Å². The molecule has 1 aliphatic rings. The summed E-state index contributed by atoms with van der Waals surface area (Å²) < 4.78 is 5.56. The van der Waals surface area contributed by atoms with Crippen molar-refractivity contribution < 1.29 is 4.74 Å². The van der Waals surface area contributed by atoms with Crippen molar-refractivity contribution >= 4 is 0 Å². The fraction of sp³-hybridized carbons (Fsp3) is 0.600. The van der Waals surface area contributed by atoms with Crippen LogP contribution in [0.5, 0.6) is 5.75 Å². The van der Waals surface area contributed by atoms with Gasteiger partial charge in [0.05, 0.1) is 6.61 Å². The van der Waals surface area contributed by atoms with E-state index in [0.29, 0.717) is 0 Å². The van der Waals surface area contributed by atoms with Crippen molar-refractivity contribution in [3.63, 3.8) is 0 Å². The summed E-state index contributed by atoms with van der Waals surface area (Å²) >= 11 is 0. The summed E-state index contributed by atoms with van der Waals surface area (Å²) in [6, 6.07) is 8.42. The summed E-state index contributed by atoms with van der Waals surface area (Å²) in [5, 5.41) is 3.52. The Labute approximate surface area is 104 Å². The Balaban J connectivity index is 1.69. The number of ether oxygens (including phenoxy) is 1. The van der Waals surface area contributed by atoms with E-state index < -0.39 is 0 Å². The van der Waals surface area contributed by atoms with Crippen molar-refractivity contribution in [2.45, 2.75) is 33.2 Å². The standard InChI is InChI=1S/C15H23NO/c1-3-8-17-15-6-4-13(5-7-15)10-16-11-14-9-12(14)2/h4-7,12,14,16H,3,8-11H2,1-2H3. The van der Waals surface area contributed by atoms with Crippen LogP contribution in [0, 0.1) is 11.8 Å². The van der Waals surface area contributed by atoms with Crippen molar-refractivity contribution in [2.24, 2.45) is 11.8 Å². The molecule has 0 saturated heterocycles. The van der Waals surface area contributed by atoms with Gasteiger partial charge in [-0.1, -0.05) is 26.0 Å². The van der Waals surface area contributed by atoms with E-state index in [1.165, 1.54) is 12.0 Å². The van der Waals surface area contributed by atoms with E-state index in [2.05, 4.69) is 43.4 Å². The van der Waals surface area contributed by atoms with Gasteiger partial charge in [-0.15, -0.1) is 0 Å². The third-order valence-electron chi connectivity index (χ3n) is 3.41. The van der Waals surface area contributed by atoms with Crippen LogP contribution in [0.4, 0.5) is 0 Å². The van der Waals surface area contributed by atoms with Gasteiger partial charge in [0, 0.05) is 6.54 Å². The minimum atomic E-state index is 0.803. The summed E-state index contributed by atoms with van der Waals surface area (Å²) in [5.74, 6) is 2.83. The van der Waals surface area contributed by atoms with Gasteiger partial charge in [0.1, 0.15) is 5.75 Å². The molecule has 0 aromatic heterocycles. The average molecular weight is 233 g/mol. The molecule has 0 amide bonds. The van der Waals surface area contributed by atoms with Gasteiger partial charge in [0.25, 0.3) is 0 Å². The Morgan fingerprint density at radius 2 is 2.00 bits per heavy atom. The molecule has 1 aliphatic carbocycles. The van der Waals surface area contributed by atoms with E-state index in [1.807, 2.05) is 0 Å². The molecule has 2 atom stereocenters. The first kappa shape index (κ1) is 12.4. The smallest absolute Gasteiger partial charge is 0.119 e. The zero-order valence-corrected chi connectivity index (χ0v) is 10.9. The first-order valence-electron chi connectivity index (χ1n) is 6.72. The number of rotatable bonds is 7. The second kappa shape index (κ2) is 6.06. The van der Waals surface area contributed by atoms with Gasteiger partial charge in [0.15, 0.2) is 0 Å². The highest BCUT2D eigenvalue weighted by atomic mass is 16.5. The molecule has 0 radical (unpaired) electrons. The summed E-state index contributed by atoms with van der Waals surface area (Å²) in [6.07, 6.45) is 2.46. The highest BCUT2D eigenvalue weighted by molar-refractivity contribution is 5.27. The van der Waals surface area contributed by atoms with Crippen molar-refractivity contribution in [3.8, 4) is 5.75 Å². The van der Waals surface area contributed by atoms with Gasteiger partial charge in [-0.25, -0.2) is 0 Å². The van der Waals surface area contributed by atoms with Gasteiger partial charge in [0.2, 0.25) is 0 Å². The topological polar surface area (TPSA) is 21.3 Å². The van der Waals surface area contributed by atoms with E-state index in [1.54, 1.807) is 0 Å². The average Bonchev–Trinajstić information content (AvgIpc) is 3.04. The SMILES string of the molecule is CCCOc1ccc(CNCC2CC2C)cc1. The van der Waals surface area contributed by atoms with Crippen LogP contribution in [0.15, 0.2) is 24.3 Å². The van der Waals surface area contributed by atoms with Crippen LogP contribution >= 0.6 is 0 Å². The van der Waals surface area contributed by atoms with Gasteiger partial charge in [-0.05, 0) is 48.9 Å². The van der Waals surface area contributed by atoms with Crippen molar-refractivity contribution in [1.29, 1.82) is 0 Å². The van der Waals surface area contributed by atoms with E-state index in [0.717, 1.165) is 43.7 Å². The first-order valence-corrected chi connectivity index (χ1v) is 6.72. The Bertz CT molecular complexity index is 333. The lowest BCUT2D eigenvalue weighted by Gasteiger charge is -2.07. The van der Waals surface area contributed by atoms with E-state index >= 15 is 0 Å². The Hall–Kier alpha value is -1.02. The molecule has 2 rings (SSSR count). The molecule has 0 bridgehead atoms. The van der Waals surface area contributed by atoms with E-state index in [9.17, 15) is 0 Å². The largest absolute Gasteiger partial charge is 0.494 e. The molecule has 2 unspecified atom stereocenters. The Kier molecular flexibility index (Phi) is 4.43. The zero-order valence-electron chi connectivity index (χ0n) is 10.9. The van der Waals surface area contributed by atoms with Gasteiger partial charge < -0.3 is 10.1 Å². The molecule has 1 aromatic carbocycles. The quantitative estimate of drug-likeness (QED) is 0.780. The van der Waals surface area contributed by atoms with E-state index in [-0.39, 0.29) is 0 Å². The third-order valence-corrected chi connectivity index (χ3v) is 3.41. The van der Waals surface area contributed by atoms with Crippen LogP contribution < -0.4 is 10.1 Å². The van der Waals surface area contributed by atoms with Gasteiger partial charge >= 0.3 is 0 Å². The van der Waals surface area contributed by atoms with Crippen molar-refractivity contribution in [2.75, 3.05) is 13.2 Å². The fourth-order valence-electron chi connectivity index (χ4n) is 2.01. The lowest BCUT2D eigenvalue weighted by Crippen LogP contribution is -2.16. The molecule has 1 fully saturated rings. The molecule has 1 saturated carbocycles. The summed E-state index contributed by atoms with van der Waals surface area (Å²) in [7, 11) is 0. The van der Waals surface area contributed by atoms with Crippen molar-refractivity contribution in [3.05, 3.63) is 29.8 Å². The van der Waals surface area contributed by atoms with Crippen LogP contribution in [0.3, 0.4) is 0 Å². The number of benzene rings is 1. The second-order valence-electron chi connectivity index (χ2n) is 5.10. The second-order valence-corrected chi connectivity index (χ2v) is 5.10. The molecule has 2 nitrogen and oxygen atoms in total. The summed E-state index contributed by atoms with van der Waals surface area (Å²) in [5.41, 5.74) is 1.34. The zero-order chi connectivity index (χ0) is 12.1. The monoisotopic (exact) mass is 233 g/mol. The van der Waals surface area contributed by atoms with Crippen LogP contribution in [0.25, 0.3) is 0 Å². The minimum Gasteiger partial charge on any atom is -0.494 e. The molecule has 0 spiro atoms. The molecule has 1 aromatic rings. The maximum Gasteiger partial charge on any atom is 0.119 e. The highest BCUT2D eigenvalue weighted by Gasteiger charge is 2.31. The molecule has 0 aliphatic heterocycles. The van der Waals surface area contributed by atoms with E-state index in [4.69, 9.17) is 4.74 Å². The summed E-state index contributed by atoms with van der Waals surface area (Å²) in [6.45, 7) is 7.38. The molecular weight excluding hydrogens is 210 g/mol.